The number of aryl methyl sites for hydroxylation is 1. The summed E-state index contributed by atoms with van der Waals surface area (Å²) in [4.78, 5) is 39.7. The molecule has 0 spiro atoms. The Hall–Kier alpha value is -2.52. The van der Waals surface area contributed by atoms with Gasteiger partial charge >= 0.3 is 0 Å². The second-order valence-corrected chi connectivity index (χ2v) is 7.50. The topological polar surface area (TPSA) is 102 Å². The van der Waals surface area contributed by atoms with E-state index in [9.17, 15) is 19.7 Å². The van der Waals surface area contributed by atoms with Gasteiger partial charge in [0.25, 0.3) is 11.6 Å². The Bertz CT molecular complexity index is 777. The van der Waals surface area contributed by atoms with Crippen LogP contribution in [-0.2, 0) is 14.3 Å². The van der Waals surface area contributed by atoms with E-state index in [1.165, 1.54) is 18.2 Å². The summed E-state index contributed by atoms with van der Waals surface area (Å²) < 4.78 is 10.7. The molecule has 2 fully saturated rings. The van der Waals surface area contributed by atoms with Crippen molar-refractivity contribution in [1.29, 1.82) is 0 Å². The number of benzene rings is 1. The molecule has 0 aliphatic carbocycles. The normalized spacial score (nSPS) is 19.3. The van der Waals surface area contributed by atoms with Crippen molar-refractivity contribution < 1.29 is 24.0 Å². The van der Waals surface area contributed by atoms with Crippen LogP contribution in [0.2, 0.25) is 0 Å². The lowest BCUT2D eigenvalue weighted by Gasteiger charge is -2.41. The molecular weight excluding hydrogens is 378 g/mol. The number of amides is 2. The number of ether oxygens (including phenoxy) is 2. The first-order chi connectivity index (χ1) is 13.9. The molecule has 0 saturated carbocycles. The molecule has 29 heavy (non-hydrogen) atoms. The van der Waals surface area contributed by atoms with Gasteiger partial charge < -0.3 is 19.3 Å². The Kier molecular flexibility index (Phi) is 6.81. The highest BCUT2D eigenvalue weighted by atomic mass is 16.6. The second kappa shape index (κ2) is 9.32. The molecule has 2 amide bonds. The maximum absolute atomic E-state index is 12.9. The summed E-state index contributed by atoms with van der Waals surface area (Å²) in [6.07, 6.45) is 2.25. The van der Waals surface area contributed by atoms with Gasteiger partial charge in [0.2, 0.25) is 5.91 Å². The standard InChI is InChI=1S/C20H27N3O6/c1-14-11-15(6-7-17(14)23(26)27)19(24)22-8-3-5-18(22)20(25)21-12-16(13-21)29-10-4-9-28-2/h6-7,11,16,18H,3-5,8-10,12-13H2,1-2H3. The van der Waals surface area contributed by atoms with Gasteiger partial charge in [-0.2, -0.15) is 0 Å². The SMILES string of the molecule is COCCCOC1CN(C(=O)C2CCCN2C(=O)c2ccc([N+](=O)[O-])c(C)c2)C1. The zero-order valence-electron chi connectivity index (χ0n) is 16.8. The molecule has 1 atom stereocenters. The predicted molar refractivity (Wildman–Crippen MR) is 105 cm³/mol. The largest absolute Gasteiger partial charge is 0.385 e. The molecule has 3 rings (SSSR count). The van der Waals surface area contributed by atoms with Gasteiger partial charge in [-0.3, -0.25) is 19.7 Å². The number of carbonyl (C=O) groups excluding carboxylic acids is 2. The molecule has 1 aromatic carbocycles. The van der Waals surface area contributed by atoms with Crippen LogP contribution in [0, 0.1) is 17.0 Å². The van der Waals surface area contributed by atoms with Crippen LogP contribution >= 0.6 is 0 Å². The maximum Gasteiger partial charge on any atom is 0.272 e. The molecule has 2 aliphatic rings. The van der Waals surface area contributed by atoms with Crippen LogP contribution in [-0.4, -0.2) is 78.6 Å². The van der Waals surface area contributed by atoms with Crippen LogP contribution < -0.4 is 0 Å². The van der Waals surface area contributed by atoms with Gasteiger partial charge in [-0.25, -0.2) is 0 Å². The predicted octanol–water partition coefficient (Wildman–Crippen LogP) is 1.77. The van der Waals surface area contributed by atoms with E-state index >= 15 is 0 Å². The summed E-state index contributed by atoms with van der Waals surface area (Å²) in [6, 6.07) is 3.85. The zero-order chi connectivity index (χ0) is 21.0. The smallest absolute Gasteiger partial charge is 0.272 e. The average molecular weight is 405 g/mol. The summed E-state index contributed by atoms with van der Waals surface area (Å²) in [7, 11) is 1.65. The van der Waals surface area contributed by atoms with Crippen LogP contribution in [0.3, 0.4) is 0 Å². The maximum atomic E-state index is 12.9. The van der Waals surface area contributed by atoms with Crippen molar-refractivity contribution in [2.24, 2.45) is 0 Å². The third kappa shape index (κ3) is 4.73. The third-order valence-corrected chi connectivity index (χ3v) is 5.45. The Morgan fingerprint density at radius 2 is 2.03 bits per heavy atom. The number of hydrogen-bond donors (Lipinski definition) is 0. The number of nitro benzene ring substituents is 1. The minimum atomic E-state index is -0.479. The molecule has 9 heteroatoms. The first-order valence-electron chi connectivity index (χ1n) is 9.87. The van der Waals surface area contributed by atoms with E-state index in [2.05, 4.69) is 0 Å². The third-order valence-electron chi connectivity index (χ3n) is 5.45. The Labute approximate surface area is 169 Å². The lowest BCUT2D eigenvalue weighted by atomic mass is 10.1. The van der Waals surface area contributed by atoms with Crippen LogP contribution in [0.25, 0.3) is 0 Å². The molecule has 2 saturated heterocycles. The molecule has 1 aromatic rings. The number of hydrogen-bond acceptors (Lipinski definition) is 6. The molecular formula is C20H27N3O6. The van der Waals surface area contributed by atoms with E-state index in [1.54, 1.807) is 23.8 Å². The Balaban J connectivity index is 1.57. The minimum absolute atomic E-state index is 0.0206. The fraction of sp³-hybridized carbons (Fsp3) is 0.600. The molecule has 2 heterocycles. The molecule has 2 aliphatic heterocycles. The Morgan fingerprint density at radius 1 is 1.28 bits per heavy atom. The lowest BCUT2D eigenvalue weighted by Crippen LogP contribution is -2.59. The van der Waals surface area contributed by atoms with E-state index in [0.717, 1.165) is 12.8 Å². The summed E-state index contributed by atoms with van der Waals surface area (Å²) >= 11 is 0. The number of nitrogens with zero attached hydrogens (tertiary/aromatic N) is 3. The fourth-order valence-electron chi connectivity index (χ4n) is 3.81. The summed E-state index contributed by atoms with van der Waals surface area (Å²) in [5.74, 6) is -0.307. The molecule has 0 aromatic heterocycles. The van der Waals surface area contributed by atoms with Crippen LogP contribution in [0.5, 0.6) is 0 Å². The summed E-state index contributed by atoms with van der Waals surface area (Å²) in [6.45, 7) is 4.46. The van der Waals surface area contributed by atoms with E-state index in [-0.39, 0.29) is 23.6 Å². The van der Waals surface area contributed by atoms with Gasteiger partial charge in [-0.15, -0.1) is 0 Å². The molecule has 0 bridgehead atoms. The number of methoxy groups -OCH3 is 1. The van der Waals surface area contributed by atoms with Crippen LogP contribution in [0.15, 0.2) is 18.2 Å². The zero-order valence-corrected chi connectivity index (χ0v) is 16.8. The molecule has 0 N–H and O–H groups in total. The monoisotopic (exact) mass is 405 g/mol. The van der Waals surface area contributed by atoms with Crippen molar-refractivity contribution >= 4 is 17.5 Å². The van der Waals surface area contributed by atoms with Crippen molar-refractivity contribution in [2.75, 3.05) is 40.0 Å². The van der Waals surface area contributed by atoms with Crippen LogP contribution in [0.4, 0.5) is 5.69 Å². The van der Waals surface area contributed by atoms with Crippen molar-refractivity contribution in [3.8, 4) is 0 Å². The molecule has 0 radical (unpaired) electrons. The quantitative estimate of drug-likeness (QED) is 0.371. The minimum Gasteiger partial charge on any atom is -0.385 e. The van der Waals surface area contributed by atoms with Crippen molar-refractivity contribution in [3.05, 3.63) is 39.4 Å². The average Bonchev–Trinajstić information content (AvgIpc) is 3.14. The van der Waals surface area contributed by atoms with Crippen molar-refractivity contribution in [3.63, 3.8) is 0 Å². The second-order valence-electron chi connectivity index (χ2n) is 7.50. The Morgan fingerprint density at radius 3 is 2.69 bits per heavy atom. The molecule has 1 unspecified atom stereocenters. The number of rotatable bonds is 8. The van der Waals surface area contributed by atoms with Gasteiger partial charge in [0.1, 0.15) is 6.04 Å². The van der Waals surface area contributed by atoms with E-state index in [0.29, 0.717) is 50.4 Å². The van der Waals surface area contributed by atoms with Gasteiger partial charge in [-0.1, -0.05) is 0 Å². The first-order valence-corrected chi connectivity index (χ1v) is 9.87. The van der Waals surface area contributed by atoms with Gasteiger partial charge in [-0.05, 0) is 38.3 Å². The highest BCUT2D eigenvalue weighted by Gasteiger charge is 2.41. The number of nitro groups is 1. The highest BCUT2D eigenvalue weighted by molar-refractivity contribution is 5.98. The number of likely N-dealkylation sites (tertiary alicyclic amines) is 2. The van der Waals surface area contributed by atoms with Gasteiger partial charge in [0.05, 0.1) is 11.0 Å². The fourth-order valence-corrected chi connectivity index (χ4v) is 3.81. The number of carbonyl (C=O) groups is 2. The van der Waals surface area contributed by atoms with Crippen molar-refractivity contribution in [2.45, 2.75) is 38.3 Å². The van der Waals surface area contributed by atoms with Gasteiger partial charge in [0, 0.05) is 57.2 Å². The van der Waals surface area contributed by atoms with E-state index < -0.39 is 11.0 Å². The van der Waals surface area contributed by atoms with Crippen LogP contribution in [0.1, 0.15) is 35.2 Å². The summed E-state index contributed by atoms with van der Waals surface area (Å²) in [5.41, 5.74) is 0.780. The van der Waals surface area contributed by atoms with Crippen molar-refractivity contribution in [1.82, 2.24) is 9.80 Å². The summed E-state index contributed by atoms with van der Waals surface area (Å²) in [5, 5.41) is 11.0. The molecule has 158 valence electrons. The highest BCUT2D eigenvalue weighted by Crippen LogP contribution is 2.26. The van der Waals surface area contributed by atoms with E-state index in [1.807, 2.05) is 0 Å². The van der Waals surface area contributed by atoms with E-state index in [4.69, 9.17) is 9.47 Å². The first kappa shape index (κ1) is 21.2. The molecule has 9 nitrogen and oxygen atoms in total. The lowest BCUT2D eigenvalue weighted by molar-refractivity contribution is -0.385. The van der Waals surface area contributed by atoms with Gasteiger partial charge in [0.15, 0.2) is 0 Å².